The molecule has 0 bridgehead atoms. The lowest BCUT2D eigenvalue weighted by atomic mass is 9.78. The van der Waals surface area contributed by atoms with E-state index in [4.69, 9.17) is 0 Å². The van der Waals surface area contributed by atoms with Crippen molar-refractivity contribution in [1.82, 2.24) is 24.6 Å². The van der Waals surface area contributed by atoms with E-state index in [0.29, 0.717) is 28.7 Å². The van der Waals surface area contributed by atoms with Crippen LogP contribution < -0.4 is 0 Å². The van der Waals surface area contributed by atoms with Crippen LogP contribution in [0.3, 0.4) is 0 Å². The van der Waals surface area contributed by atoms with Gasteiger partial charge in [-0.3, -0.25) is 14.3 Å². The monoisotopic (exact) mass is 451 g/mol. The third kappa shape index (κ3) is 4.28. The van der Waals surface area contributed by atoms with Crippen molar-refractivity contribution in [3.63, 3.8) is 0 Å². The Kier molecular flexibility index (Phi) is 6.21. The quantitative estimate of drug-likeness (QED) is 0.524. The average Bonchev–Trinajstić information content (AvgIpc) is 3.27. The van der Waals surface area contributed by atoms with Gasteiger partial charge < -0.3 is 4.90 Å². The van der Waals surface area contributed by atoms with Gasteiger partial charge in [0.05, 0.1) is 5.75 Å². The smallest absolute Gasteiger partial charge is 0.233 e. The average molecular weight is 452 g/mol. The van der Waals surface area contributed by atoms with Gasteiger partial charge in [-0.05, 0) is 68.0 Å². The van der Waals surface area contributed by atoms with Crippen LogP contribution in [0.5, 0.6) is 0 Å². The summed E-state index contributed by atoms with van der Waals surface area (Å²) in [6.45, 7) is 0.855. The van der Waals surface area contributed by atoms with Crippen molar-refractivity contribution in [3.05, 3.63) is 54.6 Å². The maximum atomic E-state index is 13.5. The second-order valence-corrected chi connectivity index (χ2v) is 9.43. The number of nitrogens with zero attached hydrogens (tertiary/aromatic N) is 5. The summed E-state index contributed by atoms with van der Waals surface area (Å²) >= 11 is 1.39. The van der Waals surface area contributed by atoms with Gasteiger partial charge in [0.15, 0.2) is 11.0 Å². The van der Waals surface area contributed by atoms with Crippen molar-refractivity contribution >= 4 is 17.7 Å². The Morgan fingerprint density at radius 2 is 1.75 bits per heavy atom. The number of halogens is 1. The minimum absolute atomic E-state index is 0.172. The number of benzene rings is 1. The number of aromatic nitrogens is 4. The molecule has 1 aliphatic heterocycles. The summed E-state index contributed by atoms with van der Waals surface area (Å²) in [5, 5.41) is 9.39. The van der Waals surface area contributed by atoms with E-state index in [0.717, 1.165) is 30.6 Å². The molecule has 8 heteroatoms. The van der Waals surface area contributed by atoms with Gasteiger partial charge in [0.2, 0.25) is 5.91 Å². The van der Waals surface area contributed by atoms with Crippen molar-refractivity contribution in [2.75, 3.05) is 12.3 Å². The largest absolute Gasteiger partial charge is 0.339 e. The number of thioether (sulfide) groups is 1. The second kappa shape index (κ2) is 9.40. The molecule has 2 fully saturated rings. The number of hydrogen-bond donors (Lipinski definition) is 0. The number of fused-ring (bicyclic) bond motifs is 1. The topological polar surface area (TPSA) is 63.9 Å². The fourth-order valence-corrected chi connectivity index (χ4v) is 5.86. The first-order valence-corrected chi connectivity index (χ1v) is 12.2. The van der Waals surface area contributed by atoms with Gasteiger partial charge in [-0.15, -0.1) is 10.2 Å². The predicted octanol–water partition coefficient (Wildman–Crippen LogP) is 4.74. The van der Waals surface area contributed by atoms with Gasteiger partial charge in [0.1, 0.15) is 5.82 Å². The third-order valence-corrected chi connectivity index (χ3v) is 7.46. The molecule has 2 atom stereocenters. The first-order chi connectivity index (χ1) is 15.7. The number of carbonyl (C=O) groups is 1. The molecule has 1 aliphatic carbocycles. The van der Waals surface area contributed by atoms with Crippen LogP contribution in [0.25, 0.3) is 17.1 Å². The number of carbonyl (C=O) groups excluding carboxylic acids is 1. The van der Waals surface area contributed by atoms with E-state index in [-0.39, 0.29) is 11.7 Å². The molecule has 32 heavy (non-hydrogen) atoms. The van der Waals surface area contributed by atoms with E-state index in [1.54, 1.807) is 24.5 Å². The molecule has 6 nitrogen and oxygen atoms in total. The fraction of sp³-hybridized carbons (Fsp3) is 0.417. The van der Waals surface area contributed by atoms with Gasteiger partial charge in [-0.1, -0.05) is 24.6 Å². The van der Waals surface area contributed by atoms with Crippen LogP contribution in [-0.2, 0) is 4.79 Å². The lowest BCUT2D eigenvalue weighted by Crippen LogP contribution is -2.50. The fourth-order valence-electron chi connectivity index (χ4n) is 5.02. The highest BCUT2D eigenvalue weighted by atomic mass is 32.2. The normalized spacial score (nSPS) is 20.7. The van der Waals surface area contributed by atoms with E-state index in [1.165, 1.54) is 49.6 Å². The van der Waals surface area contributed by atoms with Gasteiger partial charge >= 0.3 is 0 Å². The summed E-state index contributed by atoms with van der Waals surface area (Å²) in [5.41, 5.74) is 1.61. The van der Waals surface area contributed by atoms with Crippen LogP contribution in [0.1, 0.15) is 38.5 Å². The minimum Gasteiger partial charge on any atom is -0.339 e. The van der Waals surface area contributed by atoms with Gasteiger partial charge in [0.25, 0.3) is 0 Å². The number of hydrogen-bond acceptors (Lipinski definition) is 5. The molecule has 0 radical (unpaired) electrons. The van der Waals surface area contributed by atoms with Crippen LogP contribution in [-0.4, -0.2) is 48.9 Å². The Bertz CT molecular complexity index is 1070. The van der Waals surface area contributed by atoms with E-state index < -0.39 is 0 Å². The standard InChI is InChI=1S/C24H26FN5OS/c25-19-7-9-20(10-8-19)30-23(18-11-13-26-14-12-18)27-28-24(30)32-16-22(31)29-15-3-5-17-4-1-2-6-21(17)29/h7-14,17,21H,1-6,15-16H2/t17-,21-/m1/s1. The van der Waals surface area contributed by atoms with E-state index in [1.807, 2.05) is 16.7 Å². The lowest BCUT2D eigenvalue weighted by Gasteiger charge is -2.44. The van der Waals surface area contributed by atoms with Crippen molar-refractivity contribution in [3.8, 4) is 17.1 Å². The molecule has 1 amide bonds. The SMILES string of the molecule is O=C(CSc1nnc(-c2ccncc2)n1-c1ccc(F)cc1)N1CCC[C@H]2CCCC[C@H]21. The molecular weight excluding hydrogens is 425 g/mol. The highest BCUT2D eigenvalue weighted by molar-refractivity contribution is 7.99. The third-order valence-electron chi connectivity index (χ3n) is 6.55. The lowest BCUT2D eigenvalue weighted by molar-refractivity contribution is -0.134. The van der Waals surface area contributed by atoms with E-state index in [9.17, 15) is 9.18 Å². The van der Waals surface area contributed by atoms with Gasteiger partial charge in [0, 0.05) is 36.2 Å². The Morgan fingerprint density at radius 1 is 1.00 bits per heavy atom. The number of likely N-dealkylation sites (tertiary alicyclic amines) is 1. The molecule has 5 rings (SSSR count). The van der Waals surface area contributed by atoms with E-state index in [2.05, 4.69) is 20.1 Å². The van der Waals surface area contributed by atoms with Crippen LogP contribution >= 0.6 is 11.8 Å². The number of piperidine rings is 1. The highest BCUT2D eigenvalue weighted by Crippen LogP contribution is 2.36. The molecule has 2 aromatic heterocycles. The molecule has 0 spiro atoms. The van der Waals surface area contributed by atoms with Crippen LogP contribution in [0.2, 0.25) is 0 Å². The number of pyridine rings is 1. The summed E-state index contributed by atoms with van der Waals surface area (Å²) in [4.78, 5) is 19.4. The molecule has 1 saturated heterocycles. The van der Waals surface area contributed by atoms with E-state index >= 15 is 0 Å². The Hall–Kier alpha value is -2.74. The molecule has 3 aromatic rings. The summed E-state index contributed by atoms with van der Waals surface area (Å²) in [5.74, 6) is 1.49. The van der Waals surface area contributed by atoms with Gasteiger partial charge in [-0.2, -0.15) is 0 Å². The molecule has 3 heterocycles. The minimum atomic E-state index is -0.302. The zero-order chi connectivity index (χ0) is 21.9. The second-order valence-electron chi connectivity index (χ2n) is 8.48. The molecule has 166 valence electrons. The van der Waals surface area contributed by atoms with Crippen molar-refractivity contribution in [2.45, 2.75) is 49.7 Å². The Balaban J connectivity index is 1.39. The Morgan fingerprint density at radius 3 is 2.56 bits per heavy atom. The molecule has 0 unspecified atom stereocenters. The zero-order valence-corrected chi connectivity index (χ0v) is 18.7. The Labute approximate surface area is 191 Å². The molecule has 1 aromatic carbocycles. The summed E-state index contributed by atoms with van der Waals surface area (Å²) in [6.07, 6.45) is 10.6. The summed E-state index contributed by atoms with van der Waals surface area (Å²) in [6, 6.07) is 10.4. The molecule has 1 saturated carbocycles. The highest BCUT2D eigenvalue weighted by Gasteiger charge is 2.35. The molecule has 0 N–H and O–H groups in total. The molecular formula is C24H26FN5OS. The maximum Gasteiger partial charge on any atom is 0.233 e. The molecule has 2 aliphatic rings. The van der Waals surface area contributed by atoms with Crippen molar-refractivity contribution in [2.24, 2.45) is 5.92 Å². The summed E-state index contributed by atoms with van der Waals surface area (Å²) < 4.78 is 15.4. The first-order valence-electron chi connectivity index (χ1n) is 11.2. The van der Waals surface area contributed by atoms with Crippen molar-refractivity contribution in [1.29, 1.82) is 0 Å². The van der Waals surface area contributed by atoms with Crippen LogP contribution in [0.15, 0.2) is 53.9 Å². The maximum absolute atomic E-state index is 13.5. The van der Waals surface area contributed by atoms with Crippen LogP contribution in [0.4, 0.5) is 4.39 Å². The van der Waals surface area contributed by atoms with Gasteiger partial charge in [-0.25, -0.2) is 4.39 Å². The van der Waals surface area contributed by atoms with Crippen LogP contribution in [0, 0.1) is 11.7 Å². The summed E-state index contributed by atoms with van der Waals surface area (Å²) in [7, 11) is 0. The number of rotatable bonds is 5. The first kappa shape index (κ1) is 21.1. The number of amides is 1. The zero-order valence-electron chi connectivity index (χ0n) is 17.9. The van der Waals surface area contributed by atoms with Crippen molar-refractivity contribution < 1.29 is 9.18 Å². The predicted molar refractivity (Wildman–Crippen MR) is 122 cm³/mol.